The lowest BCUT2D eigenvalue weighted by Gasteiger charge is -2.07. The van der Waals surface area contributed by atoms with Gasteiger partial charge in [0.1, 0.15) is 0 Å². The maximum Gasteiger partial charge on any atom is 0.225 e. The Labute approximate surface area is 109 Å². The first-order valence-corrected chi connectivity index (χ1v) is 7.00. The molecule has 1 amide bonds. The molecule has 0 atom stereocenters. The Morgan fingerprint density at radius 1 is 1.50 bits per heavy atom. The second-order valence-corrected chi connectivity index (χ2v) is 5.60. The smallest absolute Gasteiger partial charge is 0.225 e. The van der Waals surface area contributed by atoms with Gasteiger partial charge in [-0.15, -0.1) is 0 Å². The number of nitrogens with zero attached hydrogens (tertiary/aromatic N) is 1. The molecule has 4 heteroatoms. The number of nitrogens with one attached hydrogen (secondary N) is 2. The molecule has 1 aliphatic rings. The second-order valence-electron chi connectivity index (χ2n) is 5.60. The number of hydrogen-bond donors (Lipinski definition) is 2. The van der Waals surface area contributed by atoms with E-state index in [1.165, 1.54) is 25.7 Å². The molecular weight excluding hydrogens is 226 g/mol. The molecule has 1 aromatic heterocycles. The van der Waals surface area contributed by atoms with Gasteiger partial charge in [-0.25, -0.2) is 0 Å². The normalized spacial score (nSPS) is 16.4. The first-order valence-electron chi connectivity index (χ1n) is 7.00. The Hall–Kier alpha value is -1.32. The lowest BCUT2D eigenvalue weighted by atomic mass is 10.0. The van der Waals surface area contributed by atoms with Crippen molar-refractivity contribution >= 4 is 11.7 Å². The molecule has 18 heavy (non-hydrogen) atoms. The van der Waals surface area contributed by atoms with Gasteiger partial charge in [0, 0.05) is 18.2 Å². The van der Waals surface area contributed by atoms with E-state index in [0.29, 0.717) is 18.2 Å². The monoisotopic (exact) mass is 249 g/mol. The van der Waals surface area contributed by atoms with Crippen molar-refractivity contribution in [3.63, 3.8) is 0 Å². The molecule has 1 saturated carbocycles. The predicted molar refractivity (Wildman–Crippen MR) is 72.5 cm³/mol. The topological polar surface area (TPSA) is 57.8 Å². The van der Waals surface area contributed by atoms with Crippen LogP contribution in [0.15, 0.2) is 6.07 Å². The molecule has 1 heterocycles. The van der Waals surface area contributed by atoms with Crippen molar-refractivity contribution < 1.29 is 4.79 Å². The SMILES string of the molecule is CC(C)c1cc(NC(=O)CCC2CCCC2)n[nH]1. The van der Waals surface area contributed by atoms with E-state index in [4.69, 9.17) is 0 Å². The van der Waals surface area contributed by atoms with E-state index in [2.05, 4.69) is 29.4 Å². The minimum absolute atomic E-state index is 0.0868. The average molecular weight is 249 g/mol. The molecule has 0 unspecified atom stereocenters. The van der Waals surface area contributed by atoms with Crippen molar-refractivity contribution in [2.45, 2.75) is 58.3 Å². The van der Waals surface area contributed by atoms with Gasteiger partial charge in [0.25, 0.3) is 0 Å². The zero-order chi connectivity index (χ0) is 13.0. The summed E-state index contributed by atoms with van der Waals surface area (Å²) >= 11 is 0. The number of anilines is 1. The van der Waals surface area contributed by atoms with Crippen LogP contribution in [0.25, 0.3) is 0 Å². The summed E-state index contributed by atoms with van der Waals surface area (Å²) in [5.41, 5.74) is 1.06. The van der Waals surface area contributed by atoms with Crippen molar-refractivity contribution in [1.29, 1.82) is 0 Å². The van der Waals surface area contributed by atoms with Gasteiger partial charge in [0.2, 0.25) is 5.91 Å². The largest absolute Gasteiger partial charge is 0.309 e. The molecule has 2 rings (SSSR count). The highest BCUT2D eigenvalue weighted by atomic mass is 16.1. The molecule has 0 radical (unpaired) electrons. The van der Waals surface area contributed by atoms with Gasteiger partial charge in [0.05, 0.1) is 0 Å². The highest BCUT2D eigenvalue weighted by molar-refractivity contribution is 5.89. The first kappa shape index (κ1) is 13.1. The maximum atomic E-state index is 11.8. The molecular formula is C14H23N3O. The van der Waals surface area contributed by atoms with Crippen LogP contribution >= 0.6 is 0 Å². The standard InChI is InChI=1S/C14H23N3O/c1-10(2)12-9-13(17-16-12)15-14(18)8-7-11-5-3-4-6-11/h9-11H,3-8H2,1-2H3,(H2,15,16,17,18). The van der Waals surface area contributed by atoms with Gasteiger partial charge in [-0.2, -0.15) is 5.10 Å². The highest BCUT2D eigenvalue weighted by Gasteiger charge is 2.16. The Morgan fingerprint density at radius 2 is 2.22 bits per heavy atom. The van der Waals surface area contributed by atoms with Crippen LogP contribution in [0.3, 0.4) is 0 Å². The molecule has 4 nitrogen and oxygen atoms in total. The number of H-pyrrole nitrogens is 1. The number of carbonyl (C=O) groups excluding carboxylic acids is 1. The molecule has 100 valence electrons. The molecule has 0 aliphatic heterocycles. The molecule has 0 aromatic carbocycles. The average Bonchev–Trinajstić information content (AvgIpc) is 2.96. The summed E-state index contributed by atoms with van der Waals surface area (Å²) in [4.78, 5) is 11.8. The van der Waals surface area contributed by atoms with Crippen LogP contribution in [-0.4, -0.2) is 16.1 Å². The molecule has 0 saturated heterocycles. The maximum absolute atomic E-state index is 11.8. The fourth-order valence-electron chi connectivity index (χ4n) is 2.54. The van der Waals surface area contributed by atoms with Crippen LogP contribution < -0.4 is 5.32 Å². The Kier molecular flexibility index (Phi) is 4.39. The van der Waals surface area contributed by atoms with Crippen molar-refractivity contribution in [2.24, 2.45) is 5.92 Å². The number of aromatic amines is 1. The third kappa shape index (κ3) is 3.59. The summed E-state index contributed by atoms with van der Waals surface area (Å²) in [5, 5.41) is 9.90. The Balaban J connectivity index is 1.75. The number of aromatic nitrogens is 2. The van der Waals surface area contributed by atoms with Crippen molar-refractivity contribution in [1.82, 2.24) is 10.2 Å². The van der Waals surface area contributed by atoms with Gasteiger partial charge in [0.15, 0.2) is 5.82 Å². The Bertz CT molecular complexity index is 391. The molecule has 1 aromatic rings. The van der Waals surface area contributed by atoms with Crippen LogP contribution in [-0.2, 0) is 4.79 Å². The number of rotatable bonds is 5. The molecule has 2 N–H and O–H groups in total. The second kappa shape index (κ2) is 6.03. The van der Waals surface area contributed by atoms with Crippen molar-refractivity contribution in [3.8, 4) is 0 Å². The molecule has 0 bridgehead atoms. The van der Waals surface area contributed by atoms with Gasteiger partial charge in [-0.1, -0.05) is 39.5 Å². The van der Waals surface area contributed by atoms with Crippen molar-refractivity contribution in [3.05, 3.63) is 11.8 Å². The third-order valence-corrected chi connectivity index (χ3v) is 3.74. The lowest BCUT2D eigenvalue weighted by molar-refractivity contribution is -0.116. The summed E-state index contributed by atoms with van der Waals surface area (Å²) < 4.78 is 0. The summed E-state index contributed by atoms with van der Waals surface area (Å²) in [6.07, 6.45) is 6.91. The highest BCUT2D eigenvalue weighted by Crippen LogP contribution is 2.28. The van der Waals surface area contributed by atoms with Gasteiger partial charge >= 0.3 is 0 Å². The fraction of sp³-hybridized carbons (Fsp3) is 0.714. The minimum Gasteiger partial charge on any atom is -0.309 e. The van der Waals surface area contributed by atoms with Crippen LogP contribution in [0.5, 0.6) is 0 Å². The summed E-state index contributed by atoms with van der Waals surface area (Å²) in [7, 11) is 0. The summed E-state index contributed by atoms with van der Waals surface area (Å²) in [6, 6.07) is 1.91. The summed E-state index contributed by atoms with van der Waals surface area (Å²) in [6.45, 7) is 4.19. The van der Waals surface area contributed by atoms with Crippen LogP contribution in [0.1, 0.15) is 64.0 Å². The van der Waals surface area contributed by atoms with Gasteiger partial charge in [-0.05, 0) is 18.3 Å². The Morgan fingerprint density at radius 3 is 2.83 bits per heavy atom. The minimum atomic E-state index is 0.0868. The molecule has 0 spiro atoms. The number of amides is 1. The molecule has 1 aliphatic carbocycles. The predicted octanol–water partition coefficient (Wildman–Crippen LogP) is 3.44. The zero-order valence-corrected chi connectivity index (χ0v) is 11.3. The fourth-order valence-corrected chi connectivity index (χ4v) is 2.54. The quantitative estimate of drug-likeness (QED) is 0.839. The van der Waals surface area contributed by atoms with Crippen LogP contribution in [0, 0.1) is 5.92 Å². The van der Waals surface area contributed by atoms with E-state index in [0.717, 1.165) is 18.0 Å². The number of carbonyl (C=O) groups is 1. The lowest BCUT2D eigenvalue weighted by Crippen LogP contribution is -2.13. The van der Waals surface area contributed by atoms with E-state index < -0.39 is 0 Å². The van der Waals surface area contributed by atoms with E-state index in [1.807, 2.05) is 6.07 Å². The summed E-state index contributed by atoms with van der Waals surface area (Å²) in [5.74, 6) is 1.90. The van der Waals surface area contributed by atoms with Crippen LogP contribution in [0.4, 0.5) is 5.82 Å². The van der Waals surface area contributed by atoms with Crippen LogP contribution in [0.2, 0.25) is 0 Å². The van der Waals surface area contributed by atoms with E-state index in [9.17, 15) is 4.79 Å². The van der Waals surface area contributed by atoms with Crippen molar-refractivity contribution in [2.75, 3.05) is 5.32 Å². The van der Waals surface area contributed by atoms with Gasteiger partial charge in [-0.3, -0.25) is 9.89 Å². The third-order valence-electron chi connectivity index (χ3n) is 3.74. The van der Waals surface area contributed by atoms with E-state index in [1.54, 1.807) is 0 Å². The molecule has 1 fully saturated rings. The zero-order valence-electron chi connectivity index (χ0n) is 11.3. The van der Waals surface area contributed by atoms with Gasteiger partial charge < -0.3 is 5.32 Å². The first-order chi connectivity index (χ1) is 8.65. The van der Waals surface area contributed by atoms with E-state index >= 15 is 0 Å². The van der Waals surface area contributed by atoms with E-state index in [-0.39, 0.29) is 5.91 Å². The number of hydrogen-bond acceptors (Lipinski definition) is 2.